The molecule has 21 heavy (non-hydrogen) atoms. The maximum absolute atomic E-state index is 12.7. The third-order valence-electron chi connectivity index (χ3n) is 3.88. The number of aromatic nitrogens is 2. The second-order valence-corrected chi connectivity index (χ2v) is 6.02. The molecule has 1 amide bonds. The van der Waals surface area contributed by atoms with Crippen LogP contribution in [-0.4, -0.2) is 15.9 Å². The zero-order valence-electron chi connectivity index (χ0n) is 12.2. The van der Waals surface area contributed by atoms with Gasteiger partial charge in [-0.05, 0) is 44.0 Å². The molecular weight excluding hydrogens is 286 g/mol. The van der Waals surface area contributed by atoms with Crippen molar-refractivity contribution in [1.29, 1.82) is 0 Å². The summed E-state index contributed by atoms with van der Waals surface area (Å²) >= 11 is 5.99. The maximum atomic E-state index is 12.7. The van der Waals surface area contributed by atoms with Gasteiger partial charge < -0.3 is 0 Å². The predicted molar refractivity (Wildman–Crippen MR) is 82.7 cm³/mol. The van der Waals surface area contributed by atoms with Crippen molar-refractivity contribution in [2.24, 2.45) is 0 Å². The molecule has 5 heteroatoms. The first kappa shape index (κ1) is 14.0. The van der Waals surface area contributed by atoms with Crippen LogP contribution < -0.4 is 4.90 Å². The molecule has 0 saturated carbocycles. The molecule has 0 spiro atoms. The van der Waals surface area contributed by atoms with Gasteiger partial charge in [0.25, 0.3) is 5.91 Å². The summed E-state index contributed by atoms with van der Waals surface area (Å²) in [6.45, 7) is 6.01. The van der Waals surface area contributed by atoms with Crippen molar-refractivity contribution in [3.8, 4) is 0 Å². The van der Waals surface area contributed by atoms with Crippen LogP contribution in [0.25, 0.3) is 0 Å². The summed E-state index contributed by atoms with van der Waals surface area (Å²) in [7, 11) is 0. The zero-order chi connectivity index (χ0) is 15.2. The van der Waals surface area contributed by atoms with Gasteiger partial charge in [-0.3, -0.25) is 14.7 Å². The average Bonchev–Trinajstić information content (AvgIpc) is 2.66. The van der Waals surface area contributed by atoms with E-state index in [4.69, 9.17) is 11.6 Å². The van der Waals surface area contributed by atoms with E-state index in [1.807, 2.05) is 26.1 Å². The van der Waals surface area contributed by atoms with Crippen LogP contribution >= 0.6 is 11.6 Å². The summed E-state index contributed by atoms with van der Waals surface area (Å²) in [6.07, 6.45) is 4.41. The van der Waals surface area contributed by atoms with Crippen LogP contribution in [0.5, 0.6) is 0 Å². The maximum Gasteiger partial charge on any atom is 0.261 e. The van der Waals surface area contributed by atoms with Crippen LogP contribution in [0.3, 0.4) is 0 Å². The molecule has 0 saturated heterocycles. The van der Waals surface area contributed by atoms with Crippen LogP contribution in [0.15, 0.2) is 30.6 Å². The van der Waals surface area contributed by atoms with E-state index in [1.165, 1.54) is 0 Å². The number of carbonyl (C=O) groups excluding carboxylic acids is 1. The molecular formula is C16H16ClN3O. The van der Waals surface area contributed by atoms with Crippen molar-refractivity contribution < 1.29 is 4.79 Å². The molecule has 0 atom stereocenters. The second-order valence-electron chi connectivity index (χ2n) is 5.63. The van der Waals surface area contributed by atoms with Crippen molar-refractivity contribution in [2.75, 3.05) is 4.90 Å². The van der Waals surface area contributed by atoms with Gasteiger partial charge in [-0.25, -0.2) is 4.98 Å². The van der Waals surface area contributed by atoms with Gasteiger partial charge >= 0.3 is 0 Å². The van der Waals surface area contributed by atoms with Gasteiger partial charge in [-0.15, -0.1) is 0 Å². The lowest BCUT2D eigenvalue weighted by Gasteiger charge is -2.31. The Bertz CT molecular complexity index is 727. The van der Waals surface area contributed by atoms with E-state index in [2.05, 4.69) is 16.9 Å². The molecule has 3 heterocycles. The Morgan fingerprint density at radius 2 is 2.05 bits per heavy atom. The summed E-state index contributed by atoms with van der Waals surface area (Å²) in [5, 5.41) is 0.400. The molecule has 3 rings (SSSR count). The van der Waals surface area contributed by atoms with Gasteiger partial charge in [0.2, 0.25) is 0 Å². The summed E-state index contributed by atoms with van der Waals surface area (Å²) in [5.74, 6) is -0.0609. The minimum atomic E-state index is -0.550. The Balaban J connectivity index is 2.15. The summed E-state index contributed by atoms with van der Waals surface area (Å²) < 4.78 is 0. The smallest absolute Gasteiger partial charge is 0.261 e. The molecule has 2 aromatic heterocycles. The van der Waals surface area contributed by atoms with Crippen LogP contribution in [0, 0.1) is 0 Å². The number of rotatable bonds is 2. The highest BCUT2D eigenvalue weighted by atomic mass is 35.5. The monoisotopic (exact) mass is 301 g/mol. The fourth-order valence-corrected chi connectivity index (χ4v) is 2.93. The largest absolute Gasteiger partial charge is 0.295 e. The second kappa shape index (κ2) is 4.81. The first-order valence-corrected chi connectivity index (χ1v) is 7.28. The SMILES string of the molecule is CCc1cncc(N2C(=O)c3ccc(Cl)nc3C2(C)C)c1. The van der Waals surface area contributed by atoms with Crippen molar-refractivity contribution in [1.82, 2.24) is 9.97 Å². The molecule has 4 nitrogen and oxygen atoms in total. The highest BCUT2D eigenvalue weighted by Gasteiger charge is 2.45. The Hall–Kier alpha value is -1.94. The van der Waals surface area contributed by atoms with Crippen LogP contribution in [0.2, 0.25) is 5.15 Å². The number of aryl methyl sites for hydroxylation is 1. The lowest BCUT2D eigenvalue weighted by molar-refractivity contribution is 0.0982. The third-order valence-corrected chi connectivity index (χ3v) is 4.09. The molecule has 2 aromatic rings. The van der Waals surface area contributed by atoms with Gasteiger partial charge in [0.05, 0.1) is 28.7 Å². The summed E-state index contributed by atoms with van der Waals surface area (Å²) in [4.78, 5) is 23.1. The van der Waals surface area contributed by atoms with E-state index >= 15 is 0 Å². The fourth-order valence-electron chi connectivity index (χ4n) is 2.78. The van der Waals surface area contributed by atoms with E-state index in [-0.39, 0.29) is 5.91 Å². The van der Waals surface area contributed by atoms with Crippen molar-refractivity contribution >= 4 is 23.2 Å². The zero-order valence-corrected chi connectivity index (χ0v) is 13.0. The van der Waals surface area contributed by atoms with E-state index in [0.29, 0.717) is 16.4 Å². The number of carbonyl (C=O) groups is 1. The highest BCUT2D eigenvalue weighted by molar-refractivity contribution is 6.29. The van der Waals surface area contributed by atoms with E-state index in [0.717, 1.165) is 17.7 Å². The molecule has 0 unspecified atom stereocenters. The van der Waals surface area contributed by atoms with Crippen molar-refractivity contribution in [3.05, 3.63) is 52.6 Å². The van der Waals surface area contributed by atoms with Crippen molar-refractivity contribution in [3.63, 3.8) is 0 Å². The number of anilines is 1. The summed E-state index contributed by atoms with van der Waals surface area (Å²) in [6, 6.07) is 5.39. The van der Waals surface area contributed by atoms with Gasteiger partial charge in [0.15, 0.2) is 0 Å². The minimum absolute atomic E-state index is 0.0609. The topological polar surface area (TPSA) is 46.1 Å². The molecule has 0 aromatic carbocycles. The predicted octanol–water partition coefficient (Wildman–Crippen LogP) is 3.59. The number of nitrogens with zero attached hydrogens (tertiary/aromatic N) is 3. The average molecular weight is 302 g/mol. The fraction of sp³-hybridized carbons (Fsp3) is 0.312. The van der Waals surface area contributed by atoms with Gasteiger partial charge in [0.1, 0.15) is 5.15 Å². The lowest BCUT2D eigenvalue weighted by atomic mass is 9.99. The third kappa shape index (κ3) is 2.10. The normalized spacial score (nSPS) is 16.2. The minimum Gasteiger partial charge on any atom is -0.295 e. The standard InChI is InChI=1S/C16H16ClN3O/c1-4-10-7-11(9-18-8-10)20-15(21)12-5-6-13(17)19-14(12)16(20,2)3/h5-9H,4H2,1-3H3. The Labute approximate surface area is 128 Å². The molecule has 0 aliphatic carbocycles. The molecule has 0 fully saturated rings. The Morgan fingerprint density at radius 1 is 1.29 bits per heavy atom. The molecule has 1 aliphatic heterocycles. The van der Waals surface area contributed by atoms with Gasteiger partial charge in [-0.2, -0.15) is 0 Å². The number of fused-ring (bicyclic) bond motifs is 1. The van der Waals surface area contributed by atoms with E-state index in [9.17, 15) is 4.79 Å². The van der Waals surface area contributed by atoms with Crippen LogP contribution in [0.4, 0.5) is 5.69 Å². The number of hydrogen-bond acceptors (Lipinski definition) is 3. The molecule has 0 N–H and O–H groups in total. The van der Waals surface area contributed by atoms with Gasteiger partial charge in [-0.1, -0.05) is 18.5 Å². The highest BCUT2D eigenvalue weighted by Crippen LogP contribution is 2.41. The molecule has 0 bridgehead atoms. The quantitative estimate of drug-likeness (QED) is 0.796. The number of amides is 1. The first-order chi connectivity index (χ1) is 9.95. The van der Waals surface area contributed by atoms with Crippen LogP contribution in [0.1, 0.15) is 42.4 Å². The van der Waals surface area contributed by atoms with Crippen LogP contribution in [-0.2, 0) is 12.0 Å². The molecule has 0 radical (unpaired) electrons. The molecule has 1 aliphatic rings. The van der Waals surface area contributed by atoms with Crippen molar-refractivity contribution in [2.45, 2.75) is 32.7 Å². The Morgan fingerprint density at radius 3 is 2.76 bits per heavy atom. The first-order valence-electron chi connectivity index (χ1n) is 6.90. The van der Waals surface area contributed by atoms with E-state index in [1.54, 1.807) is 23.2 Å². The lowest BCUT2D eigenvalue weighted by Crippen LogP contribution is -2.39. The number of pyridine rings is 2. The number of halogens is 1. The van der Waals surface area contributed by atoms with Gasteiger partial charge in [0, 0.05) is 6.20 Å². The summed E-state index contributed by atoms with van der Waals surface area (Å²) in [5.41, 5.74) is 2.65. The van der Waals surface area contributed by atoms with E-state index < -0.39 is 5.54 Å². The number of hydrogen-bond donors (Lipinski definition) is 0. The Kier molecular flexibility index (Phi) is 3.21. The molecule has 108 valence electrons.